The Hall–Kier alpha value is -0.530. The molecule has 12 heavy (non-hydrogen) atoms. The molecule has 0 atom stereocenters. The zero-order valence-electron chi connectivity index (χ0n) is 7.51. The Morgan fingerprint density at radius 3 is 2.17 bits per heavy atom. The van der Waals surface area contributed by atoms with E-state index in [9.17, 15) is 4.79 Å². The van der Waals surface area contributed by atoms with Gasteiger partial charge in [-0.25, -0.2) is 0 Å². The number of carbonyl (C=O) groups is 1. The van der Waals surface area contributed by atoms with Gasteiger partial charge in [-0.15, -0.1) is 0 Å². The highest BCUT2D eigenvalue weighted by Crippen LogP contribution is 2.27. The van der Waals surface area contributed by atoms with Gasteiger partial charge in [-0.1, -0.05) is 19.3 Å². The number of amides is 1. The van der Waals surface area contributed by atoms with Crippen LogP contribution in [-0.4, -0.2) is 11.9 Å². The van der Waals surface area contributed by atoms with Crippen molar-refractivity contribution in [3.05, 3.63) is 0 Å². The van der Waals surface area contributed by atoms with E-state index >= 15 is 0 Å². The van der Waals surface area contributed by atoms with Crippen molar-refractivity contribution in [3.8, 4) is 0 Å². The average molecular weight is 167 g/mol. The summed E-state index contributed by atoms with van der Waals surface area (Å²) in [7, 11) is 0. The van der Waals surface area contributed by atoms with Crippen molar-refractivity contribution in [3.63, 3.8) is 0 Å². The lowest BCUT2D eigenvalue weighted by atomic mass is 9.84. The second-order valence-corrected chi connectivity index (χ2v) is 4.12. The van der Waals surface area contributed by atoms with Crippen LogP contribution in [0.15, 0.2) is 0 Å². The van der Waals surface area contributed by atoms with Crippen molar-refractivity contribution < 1.29 is 4.79 Å². The van der Waals surface area contributed by atoms with Gasteiger partial charge in [0.05, 0.1) is 0 Å². The van der Waals surface area contributed by atoms with Gasteiger partial charge < -0.3 is 5.32 Å². The molecule has 0 aromatic rings. The predicted molar refractivity (Wildman–Crippen MR) is 47.7 cm³/mol. The van der Waals surface area contributed by atoms with E-state index in [1.54, 1.807) is 0 Å². The minimum Gasteiger partial charge on any atom is -0.353 e. The van der Waals surface area contributed by atoms with E-state index in [1.807, 2.05) is 0 Å². The van der Waals surface area contributed by atoms with Gasteiger partial charge in [0, 0.05) is 12.0 Å². The van der Waals surface area contributed by atoms with Crippen LogP contribution in [-0.2, 0) is 4.79 Å². The van der Waals surface area contributed by atoms with Gasteiger partial charge in [0.15, 0.2) is 0 Å². The Balaban J connectivity index is 1.73. The Morgan fingerprint density at radius 1 is 1.00 bits per heavy atom. The Bertz CT molecular complexity index is 169. The molecule has 1 amide bonds. The van der Waals surface area contributed by atoms with E-state index in [-0.39, 0.29) is 0 Å². The summed E-state index contributed by atoms with van der Waals surface area (Å²) in [5, 5.41) is 3.14. The van der Waals surface area contributed by atoms with Crippen LogP contribution in [0.4, 0.5) is 0 Å². The van der Waals surface area contributed by atoms with Crippen molar-refractivity contribution in [2.24, 2.45) is 5.92 Å². The van der Waals surface area contributed by atoms with E-state index in [2.05, 4.69) is 5.32 Å². The van der Waals surface area contributed by atoms with Gasteiger partial charge in [-0.05, 0) is 25.7 Å². The van der Waals surface area contributed by atoms with Crippen LogP contribution in [0.1, 0.15) is 44.9 Å². The highest BCUT2D eigenvalue weighted by molar-refractivity contribution is 5.79. The first-order valence-corrected chi connectivity index (χ1v) is 5.16. The molecule has 0 aromatic heterocycles. The standard InChI is InChI=1S/C10H17NO/c12-10(8-4-3-5-8)11-9-6-1-2-7-9/h8-9H,1-7H2,(H,11,12). The van der Waals surface area contributed by atoms with Crippen LogP contribution in [0.5, 0.6) is 0 Å². The largest absolute Gasteiger partial charge is 0.353 e. The highest BCUT2D eigenvalue weighted by Gasteiger charge is 2.27. The first-order valence-electron chi connectivity index (χ1n) is 5.16. The summed E-state index contributed by atoms with van der Waals surface area (Å²) in [4.78, 5) is 11.5. The lowest BCUT2D eigenvalue weighted by Crippen LogP contribution is -2.39. The maximum Gasteiger partial charge on any atom is 0.223 e. The van der Waals surface area contributed by atoms with Crippen LogP contribution in [0.3, 0.4) is 0 Å². The van der Waals surface area contributed by atoms with Crippen LogP contribution in [0, 0.1) is 5.92 Å². The van der Waals surface area contributed by atoms with Crippen molar-refractivity contribution >= 4 is 5.91 Å². The summed E-state index contributed by atoms with van der Waals surface area (Å²) in [6, 6.07) is 0.512. The van der Waals surface area contributed by atoms with E-state index in [1.165, 1.54) is 32.1 Å². The van der Waals surface area contributed by atoms with Gasteiger partial charge >= 0.3 is 0 Å². The molecule has 0 spiro atoms. The van der Waals surface area contributed by atoms with Gasteiger partial charge in [-0.3, -0.25) is 4.79 Å². The quantitative estimate of drug-likeness (QED) is 0.668. The third kappa shape index (κ3) is 1.62. The second kappa shape index (κ2) is 3.46. The molecule has 0 bridgehead atoms. The van der Waals surface area contributed by atoms with Gasteiger partial charge in [0.1, 0.15) is 0 Å². The molecule has 0 unspecified atom stereocenters. The summed E-state index contributed by atoms with van der Waals surface area (Å²) >= 11 is 0. The molecule has 68 valence electrons. The van der Waals surface area contributed by atoms with Crippen molar-refractivity contribution in [2.45, 2.75) is 51.0 Å². The van der Waals surface area contributed by atoms with E-state index in [0.717, 1.165) is 12.8 Å². The monoisotopic (exact) mass is 167 g/mol. The fourth-order valence-electron chi connectivity index (χ4n) is 2.06. The normalized spacial score (nSPS) is 25.3. The Labute approximate surface area is 73.7 Å². The fraction of sp³-hybridized carbons (Fsp3) is 0.900. The van der Waals surface area contributed by atoms with E-state index < -0.39 is 0 Å². The Morgan fingerprint density at radius 2 is 1.67 bits per heavy atom. The van der Waals surface area contributed by atoms with Crippen molar-refractivity contribution in [1.29, 1.82) is 0 Å². The summed E-state index contributed by atoms with van der Waals surface area (Å²) in [6.45, 7) is 0. The van der Waals surface area contributed by atoms with E-state index in [0.29, 0.717) is 17.9 Å². The molecule has 2 rings (SSSR count). The molecular weight excluding hydrogens is 150 g/mol. The lowest BCUT2D eigenvalue weighted by molar-refractivity contribution is -0.128. The molecule has 0 heterocycles. The van der Waals surface area contributed by atoms with Crippen LogP contribution < -0.4 is 5.32 Å². The number of nitrogens with one attached hydrogen (secondary N) is 1. The molecule has 0 saturated heterocycles. The van der Waals surface area contributed by atoms with Crippen molar-refractivity contribution in [2.75, 3.05) is 0 Å². The highest BCUT2D eigenvalue weighted by atomic mass is 16.2. The smallest absolute Gasteiger partial charge is 0.223 e. The first kappa shape index (κ1) is 8.09. The first-order chi connectivity index (χ1) is 5.86. The predicted octanol–water partition coefficient (Wildman–Crippen LogP) is 1.85. The molecule has 2 fully saturated rings. The molecule has 2 nitrogen and oxygen atoms in total. The maximum absolute atomic E-state index is 11.5. The third-order valence-electron chi connectivity index (χ3n) is 3.18. The molecule has 2 saturated carbocycles. The molecule has 2 aliphatic carbocycles. The molecule has 2 heteroatoms. The Kier molecular flexibility index (Phi) is 2.33. The van der Waals surface area contributed by atoms with Gasteiger partial charge in [-0.2, -0.15) is 0 Å². The zero-order valence-corrected chi connectivity index (χ0v) is 7.51. The third-order valence-corrected chi connectivity index (χ3v) is 3.18. The zero-order chi connectivity index (χ0) is 8.39. The van der Waals surface area contributed by atoms with Gasteiger partial charge in [0.25, 0.3) is 0 Å². The summed E-state index contributed by atoms with van der Waals surface area (Å²) < 4.78 is 0. The second-order valence-electron chi connectivity index (χ2n) is 4.12. The molecule has 2 aliphatic rings. The molecule has 0 radical (unpaired) electrons. The van der Waals surface area contributed by atoms with E-state index in [4.69, 9.17) is 0 Å². The maximum atomic E-state index is 11.5. The molecule has 0 aromatic carbocycles. The van der Waals surface area contributed by atoms with Crippen molar-refractivity contribution in [1.82, 2.24) is 5.32 Å². The molecule has 0 aliphatic heterocycles. The summed E-state index contributed by atoms with van der Waals surface area (Å²) in [5.74, 6) is 0.693. The molecular formula is C10H17NO. The van der Waals surface area contributed by atoms with Gasteiger partial charge in [0.2, 0.25) is 5.91 Å². The topological polar surface area (TPSA) is 29.1 Å². The summed E-state index contributed by atoms with van der Waals surface area (Å²) in [6.07, 6.45) is 8.52. The SMILES string of the molecule is O=C(NC1CCCC1)C1CCC1. The number of hydrogen-bond donors (Lipinski definition) is 1. The lowest BCUT2D eigenvalue weighted by Gasteiger charge is -2.25. The number of rotatable bonds is 2. The summed E-state index contributed by atoms with van der Waals surface area (Å²) in [5.41, 5.74) is 0. The average Bonchev–Trinajstić information content (AvgIpc) is 2.34. The minimum atomic E-state index is 0.327. The van der Waals surface area contributed by atoms with Crippen LogP contribution >= 0.6 is 0 Å². The number of hydrogen-bond acceptors (Lipinski definition) is 1. The van der Waals surface area contributed by atoms with Crippen LogP contribution in [0.25, 0.3) is 0 Å². The number of carbonyl (C=O) groups excluding carboxylic acids is 1. The molecule has 1 N–H and O–H groups in total. The van der Waals surface area contributed by atoms with Crippen LogP contribution in [0.2, 0.25) is 0 Å². The fourth-order valence-corrected chi connectivity index (χ4v) is 2.06. The minimum absolute atomic E-state index is 0.327.